The molecule has 1 aliphatic rings. The monoisotopic (exact) mass is 504 g/mol. The molecule has 1 unspecified atom stereocenters. The fourth-order valence-electron chi connectivity index (χ4n) is 4.42. The molecule has 0 bridgehead atoms. The van der Waals surface area contributed by atoms with Crippen molar-refractivity contribution in [1.29, 1.82) is 0 Å². The minimum Gasteiger partial charge on any atom is -0.335 e. The van der Waals surface area contributed by atoms with Crippen LogP contribution in [0.1, 0.15) is 12.8 Å². The SMILES string of the molecule is O=C(Nc1cncc(-c2cnc3n[nH]c(-c4nc5c(-c6ccc(P)cc6)cncc5[nH]4)c3c2)c1)C1CC1. The van der Waals surface area contributed by atoms with Gasteiger partial charge in [0.05, 0.1) is 34.5 Å². The average Bonchev–Trinajstić information content (AvgIpc) is 3.55. The smallest absolute Gasteiger partial charge is 0.227 e. The van der Waals surface area contributed by atoms with Crippen LogP contribution in [0.4, 0.5) is 5.69 Å². The fraction of sp³-hybridized carbons (Fsp3) is 0.111. The largest absolute Gasteiger partial charge is 0.335 e. The molecule has 3 N–H and O–H groups in total. The molecule has 7 rings (SSSR count). The second kappa shape index (κ2) is 8.57. The van der Waals surface area contributed by atoms with Crippen molar-refractivity contribution in [1.82, 2.24) is 35.1 Å². The highest BCUT2D eigenvalue weighted by Gasteiger charge is 2.29. The number of nitrogens with zero attached hydrogens (tertiary/aromatic N) is 5. The number of hydrogen-bond donors (Lipinski definition) is 3. The summed E-state index contributed by atoms with van der Waals surface area (Å²) in [7, 11) is 2.70. The van der Waals surface area contributed by atoms with E-state index in [1.54, 1.807) is 24.8 Å². The van der Waals surface area contributed by atoms with E-state index in [2.05, 4.69) is 56.8 Å². The zero-order chi connectivity index (χ0) is 24.9. The van der Waals surface area contributed by atoms with Crippen LogP contribution >= 0.6 is 9.24 Å². The molecule has 0 spiro atoms. The third-order valence-corrected chi connectivity index (χ3v) is 6.93. The lowest BCUT2D eigenvalue weighted by Gasteiger charge is -2.06. The van der Waals surface area contributed by atoms with E-state index in [0.29, 0.717) is 17.2 Å². The summed E-state index contributed by atoms with van der Waals surface area (Å²) in [6.45, 7) is 0. The Morgan fingerprint density at radius 3 is 2.59 bits per heavy atom. The van der Waals surface area contributed by atoms with E-state index in [-0.39, 0.29) is 11.8 Å². The molecule has 1 fully saturated rings. The van der Waals surface area contributed by atoms with Crippen LogP contribution in [0.3, 0.4) is 0 Å². The summed E-state index contributed by atoms with van der Waals surface area (Å²) in [5, 5.41) is 12.4. The van der Waals surface area contributed by atoms with E-state index in [1.807, 2.05) is 30.5 Å². The van der Waals surface area contributed by atoms with E-state index in [0.717, 1.165) is 62.5 Å². The molecule has 0 aliphatic heterocycles. The van der Waals surface area contributed by atoms with Crippen molar-refractivity contribution in [2.45, 2.75) is 12.8 Å². The standard InChI is InChI=1S/C27H21N8OP/c36-27(15-1-2-15)31-18-7-16(9-28-11-18)17-8-20-24(34-35-25(20)30-10-17)26-32-22-13-29-12-21(23(22)33-26)14-3-5-19(37)6-4-14/h3-13,15H,1-2,37H2,(H,31,36)(H,32,33)(H,30,34,35). The van der Waals surface area contributed by atoms with Crippen LogP contribution in [0.5, 0.6) is 0 Å². The predicted octanol–water partition coefficient (Wildman–Crippen LogP) is 4.47. The van der Waals surface area contributed by atoms with Gasteiger partial charge in [-0.25, -0.2) is 9.97 Å². The van der Waals surface area contributed by atoms with Crippen molar-refractivity contribution in [3.05, 3.63) is 67.4 Å². The highest BCUT2D eigenvalue weighted by Crippen LogP contribution is 2.33. The topological polar surface area (TPSA) is 125 Å². The number of carbonyl (C=O) groups is 1. The van der Waals surface area contributed by atoms with E-state index in [1.165, 1.54) is 0 Å². The molecule has 9 nitrogen and oxygen atoms in total. The van der Waals surface area contributed by atoms with Crippen LogP contribution in [0.2, 0.25) is 0 Å². The van der Waals surface area contributed by atoms with E-state index in [4.69, 9.17) is 4.98 Å². The van der Waals surface area contributed by atoms with Gasteiger partial charge in [-0.3, -0.25) is 19.9 Å². The summed E-state index contributed by atoms with van der Waals surface area (Å²) in [5.74, 6) is 0.824. The molecule has 1 atom stereocenters. The number of pyridine rings is 3. The lowest BCUT2D eigenvalue weighted by molar-refractivity contribution is -0.117. The maximum Gasteiger partial charge on any atom is 0.227 e. The second-order valence-corrected chi connectivity index (χ2v) is 9.88. The van der Waals surface area contributed by atoms with Crippen molar-refractivity contribution >= 4 is 48.2 Å². The molecule has 1 aromatic carbocycles. The van der Waals surface area contributed by atoms with Crippen LogP contribution in [-0.2, 0) is 4.79 Å². The maximum absolute atomic E-state index is 12.2. The molecule has 0 saturated heterocycles. The van der Waals surface area contributed by atoms with Gasteiger partial charge in [0.15, 0.2) is 11.5 Å². The molecule has 5 heterocycles. The average molecular weight is 504 g/mol. The lowest BCUT2D eigenvalue weighted by Crippen LogP contribution is -2.13. The zero-order valence-electron chi connectivity index (χ0n) is 19.6. The number of aromatic amines is 2. The third-order valence-electron chi connectivity index (χ3n) is 6.55. The van der Waals surface area contributed by atoms with Gasteiger partial charge in [-0.05, 0) is 35.8 Å². The number of nitrogens with one attached hydrogen (secondary N) is 3. The minimum atomic E-state index is 0.0490. The van der Waals surface area contributed by atoms with E-state index >= 15 is 0 Å². The number of anilines is 1. The van der Waals surface area contributed by atoms with Crippen LogP contribution in [0, 0.1) is 5.92 Å². The number of hydrogen-bond acceptors (Lipinski definition) is 6. The maximum atomic E-state index is 12.2. The number of rotatable bonds is 5. The first-order chi connectivity index (χ1) is 18.1. The lowest BCUT2D eigenvalue weighted by atomic mass is 10.1. The third kappa shape index (κ3) is 4.03. The first-order valence-electron chi connectivity index (χ1n) is 11.9. The fourth-order valence-corrected chi connectivity index (χ4v) is 4.61. The van der Waals surface area contributed by atoms with Crippen LogP contribution in [-0.4, -0.2) is 41.0 Å². The number of carbonyl (C=O) groups excluding carboxylic acids is 1. The molecular weight excluding hydrogens is 483 g/mol. The summed E-state index contributed by atoms with van der Waals surface area (Å²) in [6, 6.07) is 12.1. The molecule has 10 heteroatoms. The summed E-state index contributed by atoms with van der Waals surface area (Å²) in [6.07, 6.45) is 10.7. The normalized spacial score (nSPS) is 13.3. The summed E-state index contributed by atoms with van der Waals surface area (Å²) in [4.78, 5) is 33.8. The quantitative estimate of drug-likeness (QED) is 0.298. The summed E-state index contributed by atoms with van der Waals surface area (Å²) in [5.41, 5.74) is 7.36. The van der Waals surface area contributed by atoms with Crippen molar-refractivity contribution in [3.8, 4) is 33.8 Å². The van der Waals surface area contributed by atoms with Crippen molar-refractivity contribution < 1.29 is 4.79 Å². The molecular formula is C27H21N8OP. The van der Waals surface area contributed by atoms with Crippen LogP contribution in [0.25, 0.3) is 55.8 Å². The van der Waals surface area contributed by atoms with Crippen LogP contribution in [0.15, 0.2) is 67.4 Å². The summed E-state index contributed by atoms with van der Waals surface area (Å²) >= 11 is 0. The molecule has 180 valence electrons. The molecule has 0 radical (unpaired) electrons. The van der Waals surface area contributed by atoms with E-state index in [9.17, 15) is 4.79 Å². The Hall–Kier alpha value is -4.49. The van der Waals surface area contributed by atoms with Gasteiger partial charge in [-0.1, -0.05) is 24.3 Å². The van der Waals surface area contributed by atoms with E-state index < -0.39 is 0 Å². The Morgan fingerprint density at radius 2 is 1.76 bits per heavy atom. The van der Waals surface area contributed by atoms with Gasteiger partial charge in [-0.15, -0.1) is 9.24 Å². The second-order valence-electron chi connectivity index (χ2n) is 9.21. The number of fused-ring (bicyclic) bond motifs is 2. The number of benzene rings is 1. The molecule has 37 heavy (non-hydrogen) atoms. The Bertz CT molecular complexity index is 1800. The summed E-state index contributed by atoms with van der Waals surface area (Å²) < 4.78 is 0. The molecule has 5 aromatic heterocycles. The number of imidazole rings is 1. The van der Waals surface area contributed by atoms with Crippen molar-refractivity contribution in [2.75, 3.05) is 5.32 Å². The minimum absolute atomic E-state index is 0.0490. The van der Waals surface area contributed by atoms with Crippen molar-refractivity contribution in [3.63, 3.8) is 0 Å². The number of aromatic nitrogens is 7. The molecule has 1 aliphatic carbocycles. The van der Waals surface area contributed by atoms with Crippen LogP contribution < -0.4 is 10.6 Å². The molecule has 6 aromatic rings. The van der Waals surface area contributed by atoms with Gasteiger partial charge in [0.25, 0.3) is 0 Å². The Kier molecular flexibility index (Phi) is 5.04. The Labute approximate surface area is 213 Å². The number of amides is 1. The molecule has 1 saturated carbocycles. The van der Waals surface area contributed by atoms with Gasteiger partial charge in [0.1, 0.15) is 5.69 Å². The van der Waals surface area contributed by atoms with Gasteiger partial charge < -0.3 is 10.3 Å². The highest BCUT2D eigenvalue weighted by atomic mass is 31.0. The first kappa shape index (κ1) is 21.8. The number of H-pyrrole nitrogens is 2. The molecule has 1 amide bonds. The van der Waals surface area contributed by atoms with Gasteiger partial charge in [-0.2, -0.15) is 5.10 Å². The highest BCUT2D eigenvalue weighted by molar-refractivity contribution is 7.27. The van der Waals surface area contributed by atoms with Gasteiger partial charge in [0, 0.05) is 41.2 Å². The first-order valence-corrected chi connectivity index (χ1v) is 12.5. The van der Waals surface area contributed by atoms with Gasteiger partial charge in [0.2, 0.25) is 5.91 Å². The zero-order valence-corrected chi connectivity index (χ0v) is 20.7. The Balaban J connectivity index is 1.28. The van der Waals surface area contributed by atoms with Gasteiger partial charge >= 0.3 is 0 Å². The Morgan fingerprint density at radius 1 is 0.946 bits per heavy atom. The predicted molar refractivity (Wildman–Crippen MR) is 146 cm³/mol. The van der Waals surface area contributed by atoms with Crippen molar-refractivity contribution in [2.24, 2.45) is 5.92 Å².